The van der Waals surface area contributed by atoms with Gasteiger partial charge in [0.15, 0.2) is 0 Å². The first-order chi connectivity index (χ1) is 9.40. The number of amides is 1. The molecule has 5 heteroatoms. The van der Waals surface area contributed by atoms with Gasteiger partial charge in [0.1, 0.15) is 6.04 Å². The summed E-state index contributed by atoms with van der Waals surface area (Å²) in [5.74, 6) is -0.899. The zero-order chi connectivity index (χ0) is 15.2. The van der Waals surface area contributed by atoms with Gasteiger partial charge in [0.2, 0.25) is 5.91 Å². The topological polar surface area (TPSA) is 83.6 Å². The molecule has 1 aliphatic rings. The number of hydrogen-bond acceptors (Lipinski definition) is 3. The van der Waals surface area contributed by atoms with E-state index in [0.717, 1.165) is 38.5 Å². The van der Waals surface area contributed by atoms with E-state index in [2.05, 4.69) is 0 Å². The number of carboxylic acids is 1. The fourth-order valence-corrected chi connectivity index (χ4v) is 3.05. The number of rotatable bonds is 7. The van der Waals surface area contributed by atoms with E-state index >= 15 is 0 Å². The molecule has 0 aromatic heterocycles. The van der Waals surface area contributed by atoms with Crippen LogP contribution in [0.4, 0.5) is 0 Å². The number of unbranched alkanes of at least 4 members (excludes halogenated alkanes) is 3. The van der Waals surface area contributed by atoms with E-state index in [-0.39, 0.29) is 11.3 Å². The van der Waals surface area contributed by atoms with Gasteiger partial charge in [0.25, 0.3) is 0 Å². The Morgan fingerprint density at radius 2 is 1.90 bits per heavy atom. The monoisotopic (exact) mass is 284 g/mol. The Morgan fingerprint density at radius 3 is 2.50 bits per heavy atom. The molecular formula is C15H28N2O3. The molecule has 0 aliphatic carbocycles. The lowest BCUT2D eigenvalue weighted by molar-refractivity contribution is -0.158. The van der Waals surface area contributed by atoms with E-state index in [4.69, 9.17) is 5.73 Å². The number of carbonyl (C=O) groups excluding carboxylic acids is 1. The van der Waals surface area contributed by atoms with Crippen LogP contribution in [0.15, 0.2) is 0 Å². The standard InChI is InChI=1S/C15H28N2O3/c1-15(2)9-7-11-17(13(15)14(19)20)12(18)8-5-3-4-6-10-16/h13H,3-11,16H2,1-2H3,(H,19,20). The van der Waals surface area contributed by atoms with E-state index in [1.54, 1.807) is 4.90 Å². The van der Waals surface area contributed by atoms with Crippen LogP contribution in [-0.2, 0) is 9.59 Å². The van der Waals surface area contributed by atoms with Crippen LogP contribution in [-0.4, -0.2) is 41.0 Å². The first-order valence-electron chi connectivity index (χ1n) is 7.62. The second-order valence-electron chi connectivity index (χ2n) is 6.37. The molecule has 116 valence electrons. The fourth-order valence-electron chi connectivity index (χ4n) is 3.05. The van der Waals surface area contributed by atoms with Gasteiger partial charge in [0.05, 0.1) is 0 Å². The predicted molar refractivity (Wildman–Crippen MR) is 78.3 cm³/mol. The molecule has 0 saturated carbocycles. The Morgan fingerprint density at radius 1 is 1.25 bits per heavy atom. The van der Waals surface area contributed by atoms with Crippen LogP contribution in [0.25, 0.3) is 0 Å². The molecule has 3 N–H and O–H groups in total. The van der Waals surface area contributed by atoms with Crippen molar-refractivity contribution in [1.29, 1.82) is 0 Å². The summed E-state index contributed by atoms with van der Waals surface area (Å²) in [4.78, 5) is 25.3. The summed E-state index contributed by atoms with van der Waals surface area (Å²) in [6, 6.07) is -0.687. The first kappa shape index (κ1) is 17.0. The normalized spacial score (nSPS) is 21.8. The molecule has 0 aromatic rings. The third kappa shape index (κ3) is 4.47. The molecule has 0 aromatic carbocycles. The summed E-state index contributed by atoms with van der Waals surface area (Å²) in [5, 5.41) is 9.43. The fraction of sp³-hybridized carbons (Fsp3) is 0.867. The number of aliphatic carboxylic acids is 1. The maximum Gasteiger partial charge on any atom is 0.326 e. The van der Waals surface area contributed by atoms with Crippen molar-refractivity contribution in [2.45, 2.75) is 64.8 Å². The van der Waals surface area contributed by atoms with Crippen LogP contribution in [0.1, 0.15) is 58.8 Å². The van der Waals surface area contributed by atoms with Crippen molar-refractivity contribution in [1.82, 2.24) is 4.90 Å². The molecule has 0 radical (unpaired) electrons. The Labute approximate surface area is 121 Å². The highest BCUT2D eigenvalue weighted by atomic mass is 16.4. The molecule has 0 spiro atoms. The molecule has 1 fully saturated rings. The predicted octanol–water partition coefficient (Wildman–Crippen LogP) is 2.00. The van der Waals surface area contributed by atoms with Crippen LogP contribution in [0, 0.1) is 5.41 Å². The van der Waals surface area contributed by atoms with Crippen molar-refractivity contribution in [3.8, 4) is 0 Å². The van der Waals surface area contributed by atoms with Gasteiger partial charge in [-0.05, 0) is 37.6 Å². The van der Waals surface area contributed by atoms with Crippen LogP contribution in [0.2, 0.25) is 0 Å². The van der Waals surface area contributed by atoms with Crippen molar-refractivity contribution >= 4 is 11.9 Å². The molecular weight excluding hydrogens is 256 g/mol. The van der Waals surface area contributed by atoms with Gasteiger partial charge in [-0.3, -0.25) is 4.79 Å². The van der Waals surface area contributed by atoms with Gasteiger partial charge in [-0.15, -0.1) is 0 Å². The van der Waals surface area contributed by atoms with Crippen molar-refractivity contribution in [3.63, 3.8) is 0 Å². The Hall–Kier alpha value is -1.10. The minimum atomic E-state index is -0.883. The smallest absolute Gasteiger partial charge is 0.326 e. The zero-order valence-electron chi connectivity index (χ0n) is 12.7. The van der Waals surface area contributed by atoms with E-state index in [1.165, 1.54) is 0 Å². The minimum Gasteiger partial charge on any atom is -0.480 e. The molecule has 1 aliphatic heterocycles. The lowest BCUT2D eigenvalue weighted by atomic mass is 9.76. The lowest BCUT2D eigenvalue weighted by Crippen LogP contribution is -2.56. The second-order valence-corrected chi connectivity index (χ2v) is 6.37. The van der Waals surface area contributed by atoms with Crippen molar-refractivity contribution in [3.05, 3.63) is 0 Å². The molecule has 1 saturated heterocycles. The maximum absolute atomic E-state index is 12.3. The summed E-state index contributed by atoms with van der Waals surface area (Å²) >= 11 is 0. The number of hydrogen-bond donors (Lipinski definition) is 2. The Bertz CT molecular complexity index is 342. The summed E-state index contributed by atoms with van der Waals surface area (Å²) in [6.07, 6.45) is 6.02. The lowest BCUT2D eigenvalue weighted by Gasteiger charge is -2.44. The van der Waals surface area contributed by atoms with Crippen LogP contribution in [0.3, 0.4) is 0 Å². The van der Waals surface area contributed by atoms with E-state index < -0.39 is 12.0 Å². The molecule has 1 heterocycles. The third-order valence-corrected chi connectivity index (χ3v) is 4.17. The summed E-state index contributed by atoms with van der Waals surface area (Å²) in [6.45, 7) is 5.14. The van der Waals surface area contributed by atoms with Crippen LogP contribution in [0.5, 0.6) is 0 Å². The van der Waals surface area contributed by atoms with Gasteiger partial charge in [-0.2, -0.15) is 0 Å². The van der Waals surface area contributed by atoms with E-state index in [0.29, 0.717) is 19.5 Å². The van der Waals surface area contributed by atoms with Gasteiger partial charge >= 0.3 is 5.97 Å². The minimum absolute atomic E-state index is 0.0158. The molecule has 5 nitrogen and oxygen atoms in total. The highest BCUT2D eigenvalue weighted by Crippen LogP contribution is 2.35. The van der Waals surface area contributed by atoms with Gasteiger partial charge in [0, 0.05) is 13.0 Å². The number of carbonyl (C=O) groups is 2. The summed E-state index contributed by atoms with van der Waals surface area (Å²) < 4.78 is 0. The molecule has 1 amide bonds. The maximum atomic E-state index is 12.3. The largest absolute Gasteiger partial charge is 0.480 e. The Balaban J connectivity index is 2.54. The highest BCUT2D eigenvalue weighted by Gasteiger charge is 2.44. The molecule has 0 bridgehead atoms. The summed E-state index contributed by atoms with van der Waals surface area (Å²) in [7, 11) is 0. The van der Waals surface area contributed by atoms with E-state index in [9.17, 15) is 14.7 Å². The van der Waals surface area contributed by atoms with Gasteiger partial charge in [-0.25, -0.2) is 4.79 Å². The average molecular weight is 284 g/mol. The van der Waals surface area contributed by atoms with E-state index in [1.807, 2.05) is 13.8 Å². The van der Waals surface area contributed by atoms with Crippen molar-refractivity contribution < 1.29 is 14.7 Å². The SMILES string of the molecule is CC1(C)CCCN(C(=O)CCCCCCN)C1C(=O)O. The van der Waals surface area contributed by atoms with Crippen molar-refractivity contribution in [2.75, 3.05) is 13.1 Å². The van der Waals surface area contributed by atoms with Gasteiger partial charge in [-0.1, -0.05) is 26.7 Å². The molecule has 20 heavy (non-hydrogen) atoms. The first-order valence-corrected chi connectivity index (χ1v) is 7.62. The quantitative estimate of drug-likeness (QED) is 0.700. The number of likely N-dealkylation sites (tertiary alicyclic amines) is 1. The number of nitrogens with two attached hydrogens (primary N) is 1. The zero-order valence-corrected chi connectivity index (χ0v) is 12.7. The molecule has 1 atom stereocenters. The molecule has 1 rings (SSSR count). The van der Waals surface area contributed by atoms with Crippen molar-refractivity contribution in [2.24, 2.45) is 11.1 Å². The Kier molecular flexibility index (Phi) is 6.46. The van der Waals surface area contributed by atoms with Gasteiger partial charge < -0.3 is 15.7 Å². The van der Waals surface area contributed by atoms with Crippen LogP contribution >= 0.6 is 0 Å². The average Bonchev–Trinajstić information content (AvgIpc) is 2.36. The third-order valence-electron chi connectivity index (χ3n) is 4.17. The number of piperidine rings is 1. The molecule has 1 unspecified atom stereocenters. The summed E-state index contributed by atoms with van der Waals surface area (Å²) in [5.41, 5.74) is 5.08. The number of carboxylic acid groups (broad SMARTS) is 1. The number of nitrogens with zero attached hydrogens (tertiary/aromatic N) is 1. The second kappa shape index (κ2) is 7.62. The highest BCUT2D eigenvalue weighted by molar-refractivity contribution is 5.84. The van der Waals surface area contributed by atoms with Crippen LogP contribution < -0.4 is 5.73 Å².